The fourth-order valence-corrected chi connectivity index (χ4v) is 7.20. The second-order valence-corrected chi connectivity index (χ2v) is 9.00. The molecule has 112 valence electrons. The lowest BCUT2D eigenvalue weighted by Gasteiger charge is -2.60. The number of hydrogen-bond donors (Lipinski definition) is 0. The summed E-state index contributed by atoms with van der Waals surface area (Å²) in [6.07, 6.45) is 14.9. The molecule has 0 aromatic heterocycles. The van der Waals surface area contributed by atoms with E-state index in [-0.39, 0.29) is 0 Å². The van der Waals surface area contributed by atoms with Crippen LogP contribution in [0.2, 0.25) is 0 Å². The second kappa shape index (κ2) is 4.37. The summed E-state index contributed by atoms with van der Waals surface area (Å²) < 4.78 is 0. The standard InChI is InChI=1S/C20H32/c1-14-7-10-17-16-9-8-15-6-4-5-12-20(15,3)18(16)11-13-19(14,17)2/h15-18H,1,4-13H2,2-3H3. The van der Waals surface area contributed by atoms with Crippen LogP contribution < -0.4 is 0 Å². The summed E-state index contributed by atoms with van der Waals surface area (Å²) >= 11 is 0. The van der Waals surface area contributed by atoms with Crippen LogP contribution in [0.3, 0.4) is 0 Å². The van der Waals surface area contributed by atoms with Crippen LogP contribution in [0.1, 0.15) is 78.1 Å². The van der Waals surface area contributed by atoms with Crippen molar-refractivity contribution in [3.8, 4) is 0 Å². The first-order chi connectivity index (χ1) is 9.56. The highest BCUT2D eigenvalue weighted by Gasteiger charge is 2.57. The summed E-state index contributed by atoms with van der Waals surface area (Å²) in [7, 11) is 0. The minimum absolute atomic E-state index is 0.513. The van der Waals surface area contributed by atoms with E-state index in [9.17, 15) is 0 Å². The molecule has 6 atom stereocenters. The largest absolute Gasteiger partial charge is 0.0993 e. The molecule has 4 rings (SSSR count). The lowest BCUT2D eigenvalue weighted by Crippen LogP contribution is -2.51. The van der Waals surface area contributed by atoms with Gasteiger partial charge in [-0.15, -0.1) is 0 Å². The number of fused-ring (bicyclic) bond motifs is 5. The molecule has 0 bridgehead atoms. The van der Waals surface area contributed by atoms with E-state index in [1.54, 1.807) is 12.0 Å². The van der Waals surface area contributed by atoms with Crippen molar-refractivity contribution in [1.29, 1.82) is 0 Å². The minimum Gasteiger partial charge on any atom is -0.0993 e. The number of allylic oxidation sites excluding steroid dienone is 1. The Hall–Kier alpha value is -0.260. The average molecular weight is 272 g/mol. The van der Waals surface area contributed by atoms with Crippen molar-refractivity contribution in [2.75, 3.05) is 0 Å². The Kier molecular flexibility index (Phi) is 2.93. The first-order valence-electron chi connectivity index (χ1n) is 9.24. The fraction of sp³-hybridized carbons (Fsp3) is 0.900. The molecule has 20 heavy (non-hydrogen) atoms. The lowest BCUT2D eigenvalue weighted by molar-refractivity contribution is -0.0972. The van der Waals surface area contributed by atoms with Crippen LogP contribution in [-0.4, -0.2) is 0 Å². The molecular weight excluding hydrogens is 240 g/mol. The molecule has 0 aliphatic heterocycles. The Morgan fingerprint density at radius 3 is 2.60 bits per heavy atom. The predicted octanol–water partition coefficient (Wildman–Crippen LogP) is 5.98. The monoisotopic (exact) mass is 272 g/mol. The molecule has 4 aliphatic carbocycles. The van der Waals surface area contributed by atoms with E-state index >= 15 is 0 Å². The van der Waals surface area contributed by atoms with Crippen molar-refractivity contribution < 1.29 is 0 Å². The molecule has 0 saturated heterocycles. The van der Waals surface area contributed by atoms with Crippen LogP contribution in [0.25, 0.3) is 0 Å². The Labute approximate surface area is 125 Å². The van der Waals surface area contributed by atoms with Gasteiger partial charge in [0.15, 0.2) is 0 Å². The van der Waals surface area contributed by atoms with Crippen molar-refractivity contribution >= 4 is 0 Å². The molecule has 0 radical (unpaired) electrons. The number of hydrogen-bond acceptors (Lipinski definition) is 0. The molecule has 0 heterocycles. The zero-order valence-corrected chi connectivity index (χ0v) is 13.6. The third kappa shape index (κ3) is 1.60. The molecule has 6 unspecified atom stereocenters. The summed E-state index contributed by atoms with van der Waals surface area (Å²) in [6, 6.07) is 0. The van der Waals surface area contributed by atoms with Gasteiger partial charge in [-0.3, -0.25) is 0 Å². The van der Waals surface area contributed by atoms with Gasteiger partial charge in [-0.2, -0.15) is 0 Å². The van der Waals surface area contributed by atoms with E-state index in [0.717, 1.165) is 23.7 Å². The predicted molar refractivity (Wildman–Crippen MR) is 85.5 cm³/mol. The lowest BCUT2D eigenvalue weighted by atomic mass is 9.45. The van der Waals surface area contributed by atoms with Crippen LogP contribution in [0.4, 0.5) is 0 Å². The highest BCUT2D eigenvalue weighted by molar-refractivity contribution is 5.21. The Morgan fingerprint density at radius 2 is 1.75 bits per heavy atom. The van der Waals surface area contributed by atoms with Gasteiger partial charge in [0.05, 0.1) is 0 Å². The molecular formula is C20H32. The van der Waals surface area contributed by atoms with Crippen LogP contribution in [0.15, 0.2) is 12.2 Å². The molecule has 4 fully saturated rings. The zero-order valence-electron chi connectivity index (χ0n) is 13.6. The molecule has 4 saturated carbocycles. The highest BCUT2D eigenvalue weighted by atomic mass is 14.6. The van der Waals surface area contributed by atoms with Gasteiger partial charge in [0.2, 0.25) is 0 Å². The van der Waals surface area contributed by atoms with Crippen LogP contribution in [-0.2, 0) is 0 Å². The molecule has 0 amide bonds. The maximum absolute atomic E-state index is 4.45. The first-order valence-corrected chi connectivity index (χ1v) is 9.24. The average Bonchev–Trinajstić information content (AvgIpc) is 2.74. The summed E-state index contributed by atoms with van der Waals surface area (Å²) in [4.78, 5) is 0. The van der Waals surface area contributed by atoms with E-state index < -0.39 is 0 Å². The summed E-state index contributed by atoms with van der Waals surface area (Å²) in [5.41, 5.74) is 2.81. The normalized spacial score (nSPS) is 55.0. The topological polar surface area (TPSA) is 0 Å². The third-order valence-corrected chi connectivity index (χ3v) is 8.54. The third-order valence-electron chi connectivity index (χ3n) is 8.54. The van der Waals surface area contributed by atoms with Crippen LogP contribution in [0, 0.1) is 34.5 Å². The molecule has 0 spiro atoms. The van der Waals surface area contributed by atoms with E-state index in [2.05, 4.69) is 20.4 Å². The molecule has 0 N–H and O–H groups in total. The smallest absolute Gasteiger partial charge is 0.00879 e. The quantitative estimate of drug-likeness (QED) is 0.476. The zero-order chi connectivity index (χ0) is 14.0. The number of rotatable bonds is 0. The Balaban J connectivity index is 1.66. The van der Waals surface area contributed by atoms with Gasteiger partial charge in [0.1, 0.15) is 0 Å². The molecule has 0 nitrogen and oxygen atoms in total. The Bertz CT molecular complexity index is 422. The van der Waals surface area contributed by atoms with Gasteiger partial charge >= 0.3 is 0 Å². The summed E-state index contributed by atoms with van der Waals surface area (Å²) in [6.45, 7) is 9.68. The molecule has 0 aromatic rings. The van der Waals surface area contributed by atoms with Crippen molar-refractivity contribution in [2.45, 2.75) is 78.1 Å². The molecule has 0 aromatic carbocycles. The van der Waals surface area contributed by atoms with Gasteiger partial charge < -0.3 is 0 Å². The summed E-state index contributed by atoms with van der Waals surface area (Å²) in [5, 5.41) is 0. The van der Waals surface area contributed by atoms with Gasteiger partial charge in [-0.05, 0) is 85.9 Å². The molecule has 0 heteroatoms. The van der Waals surface area contributed by atoms with Crippen molar-refractivity contribution in [3.63, 3.8) is 0 Å². The SMILES string of the molecule is C=C1CCC2C3CCC4CCCCC4(C)C3CCC12C. The van der Waals surface area contributed by atoms with Gasteiger partial charge in [0.25, 0.3) is 0 Å². The van der Waals surface area contributed by atoms with Gasteiger partial charge in [-0.25, -0.2) is 0 Å². The Morgan fingerprint density at radius 1 is 0.900 bits per heavy atom. The van der Waals surface area contributed by atoms with E-state index in [1.807, 2.05) is 0 Å². The summed E-state index contributed by atoms with van der Waals surface area (Å²) in [5.74, 6) is 4.12. The maximum atomic E-state index is 4.45. The van der Waals surface area contributed by atoms with Crippen LogP contribution >= 0.6 is 0 Å². The van der Waals surface area contributed by atoms with Crippen LogP contribution in [0.5, 0.6) is 0 Å². The van der Waals surface area contributed by atoms with Crippen molar-refractivity contribution in [3.05, 3.63) is 12.2 Å². The minimum atomic E-state index is 0.513. The van der Waals surface area contributed by atoms with Crippen molar-refractivity contribution in [1.82, 2.24) is 0 Å². The van der Waals surface area contributed by atoms with E-state index in [1.165, 1.54) is 57.8 Å². The molecule has 4 aliphatic rings. The van der Waals surface area contributed by atoms with E-state index in [0.29, 0.717) is 10.8 Å². The van der Waals surface area contributed by atoms with Gasteiger partial charge in [-0.1, -0.05) is 38.8 Å². The maximum Gasteiger partial charge on any atom is -0.00879 e. The highest BCUT2D eigenvalue weighted by Crippen LogP contribution is 2.67. The van der Waals surface area contributed by atoms with E-state index in [4.69, 9.17) is 0 Å². The first kappa shape index (κ1) is 13.4. The fourth-order valence-electron chi connectivity index (χ4n) is 7.20. The van der Waals surface area contributed by atoms with Gasteiger partial charge in [0, 0.05) is 0 Å². The second-order valence-electron chi connectivity index (χ2n) is 9.00. The van der Waals surface area contributed by atoms with Crippen molar-refractivity contribution in [2.24, 2.45) is 34.5 Å².